The Morgan fingerprint density at radius 3 is 3.08 bits per heavy atom. The predicted molar refractivity (Wildman–Crippen MR) is 90.4 cm³/mol. The Labute approximate surface area is 146 Å². The molecular weight excluding hydrogens is 326 g/mol. The van der Waals surface area contributed by atoms with Gasteiger partial charge in [-0.1, -0.05) is 0 Å². The normalized spacial score (nSPS) is 31.2. The quantitative estimate of drug-likeness (QED) is 0.834. The highest BCUT2D eigenvalue weighted by Gasteiger charge is 2.43. The zero-order chi connectivity index (χ0) is 16.5. The van der Waals surface area contributed by atoms with Crippen molar-refractivity contribution >= 4 is 17.2 Å². The highest BCUT2D eigenvalue weighted by atomic mass is 32.1. The Morgan fingerprint density at radius 1 is 1.42 bits per heavy atom. The number of hydrogen-bond donors (Lipinski definition) is 0. The number of thiazole rings is 1. The van der Waals surface area contributed by atoms with Gasteiger partial charge in [0, 0.05) is 37.7 Å². The Morgan fingerprint density at radius 2 is 2.33 bits per heavy atom. The van der Waals surface area contributed by atoms with Gasteiger partial charge in [0.15, 0.2) is 0 Å². The summed E-state index contributed by atoms with van der Waals surface area (Å²) >= 11 is 1.68. The van der Waals surface area contributed by atoms with E-state index in [1.54, 1.807) is 16.4 Å². The summed E-state index contributed by atoms with van der Waals surface area (Å²) in [6, 6.07) is 0.415. The molecule has 1 amide bonds. The molecule has 3 aliphatic rings. The van der Waals surface area contributed by atoms with Gasteiger partial charge in [0.25, 0.3) is 5.91 Å². The van der Waals surface area contributed by atoms with Gasteiger partial charge in [-0.25, -0.2) is 10.0 Å². The van der Waals surface area contributed by atoms with Crippen LogP contribution in [0.15, 0.2) is 5.38 Å². The number of ether oxygens (including phenoxy) is 1. The molecule has 0 aromatic carbocycles. The highest BCUT2D eigenvalue weighted by molar-refractivity contribution is 7.09. The number of fused-ring (bicyclic) bond motifs is 1. The summed E-state index contributed by atoms with van der Waals surface area (Å²) in [6.07, 6.45) is 4.10. The smallest absolute Gasteiger partial charge is 0.250 e. The van der Waals surface area contributed by atoms with Gasteiger partial charge in [-0.05, 0) is 32.6 Å². The number of aryl methyl sites for hydroxylation is 1. The van der Waals surface area contributed by atoms with Crippen LogP contribution in [-0.4, -0.2) is 59.3 Å². The molecule has 6 nitrogen and oxygen atoms in total. The van der Waals surface area contributed by atoms with Crippen LogP contribution in [0.2, 0.25) is 0 Å². The fourth-order valence-corrected chi connectivity index (χ4v) is 4.68. The van der Waals surface area contributed by atoms with Crippen LogP contribution in [0.25, 0.3) is 0 Å². The molecule has 0 bridgehead atoms. The van der Waals surface area contributed by atoms with Crippen molar-refractivity contribution in [2.45, 2.75) is 51.3 Å². The van der Waals surface area contributed by atoms with E-state index in [2.05, 4.69) is 15.3 Å². The number of nitrogens with zero attached hydrogens (tertiary/aromatic N) is 3. The van der Waals surface area contributed by atoms with Gasteiger partial charge in [0.2, 0.25) is 0 Å². The minimum Gasteiger partial charge on any atom is -0.377 e. The summed E-state index contributed by atoms with van der Waals surface area (Å²) in [5.74, 6) is 0.0882. The maximum Gasteiger partial charge on any atom is 0.250 e. The van der Waals surface area contributed by atoms with Crippen molar-refractivity contribution in [1.82, 2.24) is 14.9 Å². The topological polar surface area (TPSA) is 54.9 Å². The van der Waals surface area contributed by atoms with Crippen LogP contribution in [0.4, 0.5) is 0 Å². The molecule has 3 fully saturated rings. The number of hydroxylamine groups is 2. The van der Waals surface area contributed by atoms with E-state index in [4.69, 9.17) is 9.57 Å². The predicted octanol–water partition coefficient (Wildman–Crippen LogP) is 1.98. The highest BCUT2D eigenvalue weighted by Crippen LogP contribution is 2.33. The minimum atomic E-state index is -0.0396. The largest absolute Gasteiger partial charge is 0.377 e. The van der Waals surface area contributed by atoms with Gasteiger partial charge in [-0.15, -0.1) is 11.3 Å². The van der Waals surface area contributed by atoms with E-state index in [1.807, 2.05) is 6.92 Å². The van der Waals surface area contributed by atoms with Crippen molar-refractivity contribution in [3.8, 4) is 0 Å². The van der Waals surface area contributed by atoms with Gasteiger partial charge in [0.05, 0.1) is 29.3 Å². The summed E-state index contributed by atoms with van der Waals surface area (Å²) in [5.41, 5.74) is 1.10. The maximum absolute atomic E-state index is 12.8. The van der Waals surface area contributed by atoms with E-state index >= 15 is 0 Å². The first-order valence-electron chi connectivity index (χ1n) is 8.91. The van der Waals surface area contributed by atoms with Crippen molar-refractivity contribution in [3.05, 3.63) is 16.1 Å². The number of carbonyl (C=O) groups is 1. The van der Waals surface area contributed by atoms with Crippen LogP contribution in [0.3, 0.4) is 0 Å². The van der Waals surface area contributed by atoms with Crippen LogP contribution in [0, 0.1) is 12.8 Å². The van der Waals surface area contributed by atoms with Crippen LogP contribution >= 0.6 is 11.3 Å². The molecule has 0 saturated carbocycles. The summed E-state index contributed by atoms with van der Waals surface area (Å²) in [5, 5.41) is 4.81. The molecule has 1 aromatic heterocycles. The Hall–Kier alpha value is -1.02. The maximum atomic E-state index is 12.8. The molecule has 24 heavy (non-hydrogen) atoms. The molecule has 0 aliphatic carbocycles. The van der Waals surface area contributed by atoms with Gasteiger partial charge >= 0.3 is 0 Å². The third kappa shape index (κ3) is 3.35. The standard InChI is InChI=1S/C17H25N3O3S/c1-12-18-14(11-24-12)10-19-9-13(8-16-15(19)4-7-22-16)17(21)20-5-2-3-6-23-20/h11,13,15-16H,2-10H2,1H3/t13-,15+,16+/m0/s1. The fraction of sp³-hybridized carbons (Fsp3) is 0.765. The molecule has 4 rings (SSSR count). The molecule has 0 unspecified atom stereocenters. The first-order valence-corrected chi connectivity index (χ1v) is 9.79. The average Bonchev–Trinajstić information content (AvgIpc) is 3.24. The Bertz CT molecular complexity index is 587. The second-order valence-corrected chi connectivity index (χ2v) is 8.03. The van der Waals surface area contributed by atoms with Crippen LogP contribution in [0.1, 0.15) is 36.4 Å². The number of piperidine rings is 1. The second-order valence-electron chi connectivity index (χ2n) is 6.97. The molecule has 3 aliphatic heterocycles. The minimum absolute atomic E-state index is 0.0396. The zero-order valence-corrected chi connectivity index (χ0v) is 15.0. The number of likely N-dealkylation sites (tertiary alicyclic amines) is 1. The third-order valence-corrected chi connectivity index (χ3v) is 6.07. The zero-order valence-electron chi connectivity index (χ0n) is 14.1. The van der Waals surface area contributed by atoms with Gasteiger partial charge < -0.3 is 4.74 Å². The van der Waals surface area contributed by atoms with E-state index in [0.29, 0.717) is 12.6 Å². The summed E-state index contributed by atoms with van der Waals surface area (Å²) < 4.78 is 5.93. The van der Waals surface area contributed by atoms with Crippen molar-refractivity contribution in [3.63, 3.8) is 0 Å². The number of carbonyl (C=O) groups excluding carboxylic acids is 1. The van der Waals surface area contributed by atoms with E-state index in [1.165, 1.54) is 0 Å². The number of hydrogen-bond acceptors (Lipinski definition) is 6. The van der Waals surface area contributed by atoms with Crippen molar-refractivity contribution in [1.29, 1.82) is 0 Å². The lowest BCUT2D eigenvalue weighted by atomic mass is 9.89. The summed E-state index contributed by atoms with van der Waals surface area (Å²) in [6.45, 7) is 5.78. The molecule has 7 heteroatoms. The molecule has 0 spiro atoms. The van der Waals surface area contributed by atoms with E-state index in [0.717, 1.165) is 62.6 Å². The lowest BCUT2D eigenvalue weighted by Crippen LogP contribution is -2.53. The number of aromatic nitrogens is 1. The molecular formula is C17H25N3O3S. The number of amides is 1. The molecule has 4 heterocycles. The SMILES string of the molecule is Cc1nc(CN2C[C@@H](C(=O)N3CCCCO3)C[C@H]3OCC[C@H]32)cs1. The summed E-state index contributed by atoms with van der Waals surface area (Å²) in [4.78, 5) is 25.4. The van der Waals surface area contributed by atoms with Crippen molar-refractivity contribution in [2.75, 3.05) is 26.3 Å². The van der Waals surface area contributed by atoms with Gasteiger partial charge in [0.1, 0.15) is 0 Å². The van der Waals surface area contributed by atoms with Crippen molar-refractivity contribution < 1.29 is 14.4 Å². The monoisotopic (exact) mass is 351 g/mol. The van der Waals surface area contributed by atoms with Gasteiger partial charge in [-0.2, -0.15) is 0 Å². The molecule has 1 aromatic rings. The van der Waals surface area contributed by atoms with E-state index in [-0.39, 0.29) is 17.9 Å². The number of rotatable bonds is 3. The van der Waals surface area contributed by atoms with E-state index < -0.39 is 0 Å². The Kier molecular flexibility index (Phi) is 4.85. The fourth-order valence-electron chi connectivity index (χ4n) is 4.08. The Balaban J connectivity index is 1.47. The van der Waals surface area contributed by atoms with Crippen molar-refractivity contribution in [2.24, 2.45) is 5.92 Å². The first-order chi connectivity index (χ1) is 11.7. The van der Waals surface area contributed by atoms with Crippen LogP contribution in [0.5, 0.6) is 0 Å². The molecule has 0 N–H and O–H groups in total. The molecule has 3 atom stereocenters. The first kappa shape index (κ1) is 16.4. The van der Waals surface area contributed by atoms with Gasteiger partial charge in [-0.3, -0.25) is 14.5 Å². The molecule has 0 radical (unpaired) electrons. The molecule has 3 saturated heterocycles. The molecule has 132 valence electrons. The average molecular weight is 351 g/mol. The lowest BCUT2D eigenvalue weighted by molar-refractivity contribution is -0.204. The van der Waals surface area contributed by atoms with Crippen LogP contribution < -0.4 is 0 Å². The second kappa shape index (κ2) is 7.07. The third-order valence-electron chi connectivity index (χ3n) is 5.24. The van der Waals surface area contributed by atoms with Crippen LogP contribution in [-0.2, 0) is 20.9 Å². The van der Waals surface area contributed by atoms with E-state index in [9.17, 15) is 4.79 Å². The summed E-state index contributed by atoms with van der Waals surface area (Å²) in [7, 11) is 0. The lowest BCUT2D eigenvalue weighted by Gasteiger charge is -2.41.